The predicted octanol–water partition coefficient (Wildman–Crippen LogP) is 6.13. The average Bonchev–Trinajstić information content (AvgIpc) is 3.39. The highest BCUT2D eigenvalue weighted by Crippen LogP contribution is 2.64. The third-order valence-corrected chi connectivity index (χ3v) is 11.4. The van der Waals surface area contributed by atoms with Gasteiger partial charge < -0.3 is 15.3 Å². The van der Waals surface area contributed by atoms with Crippen LogP contribution in [-0.4, -0.2) is 44.7 Å². The molecule has 1 saturated carbocycles. The molecule has 1 heterocycles. The maximum absolute atomic E-state index is 15.1. The second-order valence-electron chi connectivity index (χ2n) is 13.9. The molecule has 254 valence electrons. The summed E-state index contributed by atoms with van der Waals surface area (Å²) in [6, 6.07) is 27.0. The summed E-state index contributed by atoms with van der Waals surface area (Å²) in [4.78, 5) is 71.2. The zero-order chi connectivity index (χ0) is 35.8. The Morgan fingerprint density at radius 2 is 1.51 bits per heavy atom. The van der Waals surface area contributed by atoms with E-state index in [2.05, 4.69) is 0 Å². The van der Waals surface area contributed by atoms with Crippen molar-refractivity contribution in [2.45, 2.75) is 31.1 Å². The first-order valence-corrected chi connectivity index (χ1v) is 16.9. The maximum atomic E-state index is 15.1. The van der Waals surface area contributed by atoms with Crippen LogP contribution in [0.15, 0.2) is 115 Å². The van der Waals surface area contributed by atoms with E-state index in [1.165, 1.54) is 12.1 Å². The van der Waals surface area contributed by atoms with Crippen LogP contribution in [0.4, 0.5) is 5.69 Å². The van der Waals surface area contributed by atoms with Crippen LogP contribution in [0.25, 0.3) is 5.57 Å². The van der Waals surface area contributed by atoms with Crippen LogP contribution in [0, 0.1) is 30.6 Å². The van der Waals surface area contributed by atoms with Gasteiger partial charge in [0.25, 0.3) is 0 Å². The minimum atomic E-state index is -1.39. The van der Waals surface area contributed by atoms with E-state index >= 15 is 4.79 Å². The Morgan fingerprint density at radius 3 is 2.18 bits per heavy atom. The summed E-state index contributed by atoms with van der Waals surface area (Å²) in [6.45, 7) is 1.76. The number of carboxylic acids is 1. The summed E-state index contributed by atoms with van der Waals surface area (Å²) in [6.07, 6.45) is 3.74. The van der Waals surface area contributed by atoms with Crippen LogP contribution in [0.5, 0.6) is 11.5 Å². The fourth-order valence-electron chi connectivity index (χ4n) is 9.20. The van der Waals surface area contributed by atoms with Crippen LogP contribution >= 0.6 is 0 Å². The molecule has 4 aliphatic rings. The molecule has 0 bridgehead atoms. The number of imide groups is 1. The van der Waals surface area contributed by atoms with E-state index < -0.39 is 58.5 Å². The van der Waals surface area contributed by atoms with Gasteiger partial charge in [-0.15, -0.1) is 0 Å². The van der Waals surface area contributed by atoms with Gasteiger partial charge in [-0.1, -0.05) is 84.4 Å². The van der Waals surface area contributed by atoms with Crippen molar-refractivity contribution in [3.05, 3.63) is 143 Å². The molecule has 51 heavy (non-hydrogen) atoms. The standard InChI is InChI=1S/C42H33NO8/c1-22-18-24(12-17-33(22)44)37-27-15-16-29-36(40(49)43(39(29)48)26-13-14-28(41(50)51)34(45)19-26)31(27)20-32-38(47)30(23-8-4-2-5-9-23)21-35(46)42(32,37)25-10-6-3-7-11-25/h2-15,17-19,21,29,31-32,36-37,44-45H,16,20H2,1H3,(H,50,51)/t29-,31+,32-,36-,37-,42-/m0/s1. The molecule has 0 unspecified atom stereocenters. The van der Waals surface area contributed by atoms with Crippen LogP contribution in [0.1, 0.15) is 51.4 Å². The van der Waals surface area contributed by atoms with Crippen molar-refractivity contribution in [3.8, 4) is 11.5 Å². The van der Waals surface area contributed by atoms with E-state index in [0.29, 0.717) is 27.8 Å². The number of rotatable bonds is 5. The summed E-state index contributed by atoms with van der Waals surface area (Å²) in [5.74, 6) is -7.17. The van der Waals surface area contributed by atoms with Crippen LogP contribution < -0.4 is 4.90 Å². The normalized spacial score (nSPS) is 26.9. The van der Waals surface area contributed by atoms with Crippen molar-refractivity contribution in [3.63, 3.8) is 0 Å². The molecule has 1 aliphatic heterocycles. The monoisotopic (exact) mass is 679 g/mol. The number of allylic oxidation sites excluding steroid dienone is 4. The highest BCUT2D eigenvalue weighted by atomic mass is 16.4. The third-order valence-electron chi connectivity index (χ3n) is 11.4. The van der Waals surface area contributed by atoms with Gasteiger partial charge in [-0.25, -0.2) is 9.69 Å². The van der Waals surface area contributed by atoms with Gasteiger partial charge in [0.15, 0.2) is 11.6 Å². The van der Waals surface area contributed by atoms with Gasteiger partial charge in [0, 0.05) is 23.5 Å². The number of nitrogens with zero attached hydrogens (tertiary/aromatic N) is 1. The number of benzene rings is 4. The Balaban J connectivity index is 1.33. The fraction of sp³-hybridized carbons (Fsp3) is 0.214. The minimum absolute atomic E-state index is 0.0572. The fourth-order valence-corrected chi connectivity index (χ4v) is 9.20. The van der Waals surface area contributed by atoms with Crippen molar-refractivity contribution in [1.82, 2.24) is 0 Å². The molecule has 3 aliphatic carbocycles. The van der Waals surface area contributed by atoms with Gasteiger partial charge in [0.2, 0.25) is 11.8 Å². The number of aryl methyl sites for hydroxylation is 1. The van der Waals surface area contributed by atoms with E-state index in [-0.39, 0.29) is 41.4 Å². The van der Waals surface area contributed by atoms with Crippen molar-refractivity contribution in [2.24, 2.45) is 23.7 Å². The van der Waals surface area contributed by atoms with E-state index in [4.69, 9.17) is 0 Å². The first kappa shape index (κ1) is 32.1. The van der Waals surface area contributed by atoms with Gasteiger partial charge in [-0.05, 0) is 72.2 Å². The Kier molecular flexibility index (Phi) is 7.41. The van der Waals surface area contributed by atoms with Gasteiger partial charge in [0.1, 0.15) is 17.1 Å². The van der Waals surface area contributed by atoms with Gasteiger partial charge >= 0.3 is 5.97 Å². The quantitative estimate of drug-likeness (QED) is 0.168. The highest BCUT2D eigenvalue weighted by molar-refractivity contribution is 6.32. The molecule has 9 heteroatoms. The number of aromatic carboxylic acids is 1. The molecule has 1 saturated heterocycles. The lowest BCUT2D eigenvalue weighted by Gasteiger charge is -2.55. The summed E-state index contributed by atoms with van der Waals surface area (Å²) in [5.41, 5.74) is 1.95. The van der Waals surface area contributed by atoms with Crippen molar-refractivity contribution in [2.75, 3.05) is 4.90 Å². The number of amides is 2. The number of phenols is 2. The predicted molar refractivity (Wildman–Crippen MR) is 187 cm³/mol. The Bertz CT molecular complexity index is 2240. The largest absolute Gasteiger partial charge is 0.508 e. The number of hydrogen-bond donors (Lipinski definition) is 3. The van der Waals surface area contributed by atoms with Gasteiger partial charge in [0.05, 0.1) is 22.9 Å². The highest BCUT2D eigenvalue weighted by Gasteiger charge is 2.66. The molecule has 2 fully saturated rings. The molecule has 4 aromatic carbocycles. The SMILES string of the molecule is Cc1cc([C@H]2C3=CC[C@@H]4C(=O)N(c5ccc(C(=O)O)c(O)c5)C(=O)[C@@H]4[C@@H]3C[C@H]3C(=O)C(c4ccccc4)=CC(=O)[C@@]23c2ccccc2)ccc1O. The zero-order valence-electron chi connectivity index (χ0n) is 27.5. The summed E-state index contributed by atoms with van der Waals surface area (Å²) in [5, 5.41) is 30.4. The third kappa shape index (κ3) is 4.64. The van der Waals surface area contributed by atoms with Crippen molar-refractivity contribution in [1.29, 1.82) is 0 Å². The minimum Gasteiger partial charge on any atom is -0.508 e. The molecule has 2 amide bonds. The number of carbonyl (C=O) groups is 5. The number of anilines is 1. The molecule has 4 aromatic rings. The van der Waals surface area contributed by atoms with E-state index in [1.54, 1.807) is 43.3 Å². The lowest BCUT2D eigenvalue weighted by atomic mass is 9.44. The Morgan fingerprint density at radius 1 is 0.804 bits per heavy atom. The molecule has 0 aromatic heterocycles. The lowest BCUT2D eigenvalue weighted by molar-refractivity contribution is -0.135. The number of carboxylic acid groups (broad SMARTS) is 1. The Labute approximate surface area is 293 Å². The second kappa shape index (κ2) is 11.8. The first-order chi connectivity index (χ1) is 24.5. The molecule has 6 atom stereocenters. The number of fused-ring (bicyclic) bond motifs is 4. The molecular formula is C42H33NO8. The lowest BCUT2D eigenvalue weighted by Crippen LogP contribution is -2.58. The van der Waals surface area contributed by atoms with Gasteiger partial charge in [-0.3, -0.25) is 19.2 Å². The molecular weight excluding hydrogens is 646 g/mol. The summed E-state index contributed by atoms with van der Waals surface area (Å²) < 4.78 is 0. The molecule has 9 nitrogen and oxygen atoms in total. The van der Waals surface area contributed by atoms with E-state index in [0.717, 1.165) is 22.6 Å². The number of aromatic hydroxyl groups is 2. The average molecular weight is 680 g/mol. The topological polar surface area (TPSA) is 149 Å². The van der Waals surface area contributed by atoms with E-state index in [9.17, 15) is 34.5 Å². The van der Waals surface area contributed by atoms with Crippen LogP contribution in [0.3, 0.4) is 0 Å². The van der Waals surface area contributed by atoms with Crippen molar-refractivity contribution >= 4 is 40.6 Å². The Hall–Kier alpha value is -6.09. The summed E-state index contributed by atoms with van der Waals surface area (Å²) in [7, 11) is 0. The molecule has 8 rings (SSSR count). The first-order valence-electron chi connectivity index (χ1n) is 16.9. The number of phenolic OH excluding ortho intramolecular Hbond substituents is 1. The maximum Gasteiger partial charge on any atom is 0.339 e. The van der Waals surface area contributed by atoms with Crippen molar-refractivity contribution < 1.29 is 39.3 Å². The second-order valence-corrected chi connectivity index (χ2v) is 13.9. The molecule has 3 N–H and O–H groups in total. The smallest absolute Gasteiger partial charge is 0.339 e. The number of ketones is 2. The molecule has 0 spiro atoms. The number of hydrogen-bond acceptors (Lipinski definition) is 7. The zero-order valence-corrected chi connectivity index (χ0v) is 27.5. The van der Waals surface area contributed by atoms with Crippen LogP contribution in [0.2, 0.25) is 0 Å². The number of carbonyl (C=O) groups excluding carboxylic acids is 4. The summed E-state index contributed by atoms with van der Waals surface area (Å²) >= 11 is 0. The number of Topliss-reactive ketones (excluding diaryl/α,β-unsaturated/α-hetero) is 1. The van der Waals surface area contributed by atoms with E-state index in [1.807, 2.05) is 48.5 Å². The van der Waals surface area contributed by atoms with Crippen LogP contribution in [-0.2, 0) is 24.6 Å². The molecule has 0 radical (unpaired) electrons. The van der Waals surface area contributed by atoms with Gasteiger partial charge in [-0.2, -0.15) is 0 Å².